The molecule has 0 saturated carbocycles. The van der Waals surface area contributed by atoms with E-state index in [0.717, 1.165) is 56.3 Å². The zero-order valence-electron chi connectivity index (χ0n) is 32.1. The molecular formula is C42H47F3N8O5. The number of likely N-dealkylation sites (tertiary alicyclic amines) is 2. The van der Waals surface area contributed by atoms with E-state index >= 15 is 0 Å². The Hall–Kier alpha value is -6.16. The Balaban J connectivity index is 0.000000226. The van der Waals surface area contributed by atoms with E-state index in [1.807, 2.05) is 35.2 Å². The van der Waals surface area contributed by atoms with Crippen molar-refractivity contribution in [1.82, 2.24) is 25.1 Å². The maximum absolute atomic E-state index is 13.1. The predicted molar refractivity (Wildman–Crippen MR) is 212 cm³/mol. The van der Waals surface area contributed by atoms with Crippen LogP contribution in [0.3, 0.4) is 0 Å². The molecule has 0 unspecified atom stereocenters. The molecule has 0 aliphatic carbocycles. The summed E-state index contributed by atoms with van der Waals surface area (Å²) < 4.78 is 36.8. The summed E-state index contributed by atoms with van der Waals surface area (Å²) in [6.07, 6.45) is 4.48. The molecule has 0 spiro atoms. The summed E-state index contributed by atoms with van der Waals surface area (Å²) in [5.74, 6) is -1.78. The summed E-state index contributed by atoms with van der Waals surface area (Å²) in [6.45, 7) is 2.78. The molecule has 0 bridgehead atoms. The fourth-order valence-electron chi connectivity index (χ4n) is 6.47. The van der Waals surface area contributed by atoms with Gasteiger partial charge in [-0.15, -0.1) is 0 Å². The van der Waals surface area contributed by atoms with Gasteiger partial charge in [0.15, 0.2) is 11.6 Å². The highest BCUT2D eigenvalue weighted by Crippen LogP contribution is 2.22. The monoisotopic (exact) mass is 800 g/mol. The van der Waals surface area contributed by atoms with Crippen LogP contribution in [0, 0.1) is 0 Å². The SMILES string of the molecule is NCC(=O)c1ccc(CN(C(=O)N2CCCCC2)c2ccccn2)cc1.O=C(CNC(=O)C(F)(F)F)c1ccc(CN(C(=O)N2CCCCC2)c2ccccn2)cc1. The average molecular weight is 801 g/mol. The lowest BCUT2D eigenvalue weighted by molar-refractivity contribution is -0.173. The highest BCUT2D eigenvalue weighted by Gasteiger charge is 2.38. The van der Waals surface area contributed by atoms with Crippen molar-refractivity contribution in [1.29, 1.82) is 0 Å². The van der Waals surface area contributed by atoms with Gasteiger partial charge in [-0.1, -0.05) is 60.7 Å². The second-order valence-corrected chi connectivity index (χ2v) is 13.8. The second kappa shape index (κ2) is 20.8. The zero-order chi connectivity index (χ0) is 41.5. The fraction of sp³-hybridized carbons (Fsp3) is 0.357. The lowest BCUT2D eigenvalue weighted by atomic mass is 10.1. The van der Waals surface area contributed by atoms with Crippen LogP contribution in [0.5, 0.6) is 0 Å². The second-order valence-electron chi connectivity index (χ2n) is 13.8. The highest BCUT2D eigenvalue weighted by molar-refractivity contribution is 6.00. The van der Waals surface area contributed by atoms with Gasteiger partial charge in [0, 0.05) is 49.7 Å². The number of carbonyl (C=O) groups excluding carboxylic acids is 5. The Morgan fingerprint density at radius 2 is 1.02 bits per heavy atom. The van der Waals surface area contributed by atoms with Crippen molar-refractivity contribution in [2.24, 2.45) is 5.73 Å². The maximum atomic E-state index is 13.1. The number of carbonyl (C=O) groups is 5. The maximum Gasteiger partial charge on any atom is 0.471 e. The van der Waals surface area contributed by atoms with Crippen LogP contribution in [0.15, 0.2) is 97.3 Å². The van der Waals surface area contributed by atoms with E-state index in [-0.39, 0.29) is 36.5 Å². The van der Waals surface area contributed by atoms with Crippen molar-refractivity contribution in [3.63, 3.8) is 0 Å². The number of halogens is 3. The number of nitrogens with one attached hydrogen (secondary N) is 1. The molecule has 4 aromatic rings. The van der Waals surface area contributed by atoms with Gasteiger partial charge in [-0.05, 0) is 73.9 Å². The van der Waals surface area contributed by atoms with E-state index in [0.29, 0.717) is 36.8 Å². The van der Waals surface area contributed by atoms with Crippen LogP contribution in [0.4, 0.5) is 34.4 Å². The summed E-state index contributed by atoms with van der Waals surface area (Å²) in [6, 6.07) is 24.1. The molecule has 2 aromatic heterocycles. The van der Waals surface area contributed by atoms with Crippen molar-refractivity contribution in [2.45, 2.75) is 57.8 Å². The number of nitrogens with zero attached hydrogens (tertiary/aromatic N) is 6. The molecule has 2 aliphatic rings. The van der Waals surface area contributed by atoms with Gasteiger partial charge in [0.1, 0.15) is 11.6 Å². The number of nitrogens with two attached hydrogens (primary N) is 1. The molecule has 2 aliphatic heterocycles. The molecule has 5 amide bonds. The van der Waals surface area contributed by atoms with Crippen molar-refractivity contribution in [3.05, 3.63) is 120 Å². The number of pyridine rings is 2. The first-order valence-corrected chi connectivity index (χ1v) is 19.2. The lowest BCUT2D eigenvalue weighted by Crippen LogP contribution is -2.45. The van der Waals surface area contributed by atoms with Crippen LogP contribution in [-0.4, -0.2) is 94.7 Å². The largest absolute Gasteiger partial charge is 0.471 e. The van der Waals surface area contributed by atoms with E-state index in [9.17, 15) is 37.1 Å². The summed E-state index contributed by atoms with van der Waals surface area (Å²) in [7, 11) is 0. The highest BCUT2D eigenvalue weighted by atomic mass is 19.4. The van der Waals surface area contributed by atoms with Crippen LogP contribution in [0.1, 0.15) is 70.4 Å². The van der Waals surface area contributed by atoms with Crippen molar-refractivity contribution >= 4 is 41.2 Å². The minimum atomic E-state index is -5.04. The lowest BCUT2D eigenvalue weighted by Gasteiger charge is -2.32. The van der Waals surface area contributed by atoms with Gasteiger partial charge >= 0.3 is 24.1 Å². The number of benzene rings is 2. The molecule has 13 nitrogen and oxygen atoms in total. The third-order valence-corrected chi connectivity index (χ3v) is 9.65. The topological polar surface area (TPSA) is 162 Å². The number of Topliss-reactive ketones (excluding diaryl/α,β-unsaturated/α-hetero) is 2. The van der Waals surface area contributed by atoms with E-state index in [2.05, 4.69) is 9.97 Å². The van der Waals surface area contributed by atoms with Gasteiger partial charge in [-0.25, -0.2) is 19.6 Å². The summed E-state index contributed by atoms with van der Waals surface area (Å²) in [5, 5.41) is 1.56. The molecule has 6 rings (SSSR count). The molecule has 2 saturated heterocycles. The van der Waals surface area contributed by atoms with Crippen LogP contribution >= 0.6 is 0 Å². The first-order chi connectivity index (χ1) is 27.9. The van der Waals surface area contributed by atoms with Gasteiger partial charge in [0.25, 0.3) is 0 Å². The normalized spacial score (nSPS) is 14.1. The molecule has 16 heteroatoms. The molecule has 0 radical (unpaired) electrons. The number of anilines is 2. The first-order valence-electron chi connectivity index (χ1n) is 19.2. The molecule has 2 fully saturated rings. The molecular weight excluding hydrogens is 754 g/mol. The van der Waals surface area contributed by atoms with Crippen molar-refractivity contribution in [3.8, 4) is 0 Å². The van der Waals surface area contributed by atoms with Gasteiger partial charge in [-0.3, -0.25) is 24.2 Å². The van der Waals surface area contributed by atoms with E-state index in [4.69, 9.17) is 5.73 Å². The number of hydrogen-bond donors (Lipinski definition) is 2. The third kappa shape index (κ3) is 12.2. The number of ketones is 2. The Morgan fingerprint density at radius 3 is 1.38 bits per heavy atom. The van der Waals surface area contributed by atoms with Crippen LogP contribution in [0.2, 0.25) is 0 Å². The molecule has 0 atom stereocenters. The number of rotatable bonds is 11. The van der Waals surface area contributed by atoms with Gasteiger partial charge in [0.05, 0.1) is 26.2 Å². The number of aromatic nitrogens is 2. The first kappa shape index (κ1) is 43.0. The van der Waals surface area contributed by atoms with E-state index < -0.39 is 24.4 Å². The number of hydrogen-bond acceptors (Lipinski definition) is 8. The van der Waals surface area contributed by atoms with Crippen molar-refractivity contribution in [2.75, 3.05) is 49.1 Å². The number of piperidine rings is 2. The Kier molecular flexibility index (Phi) is 15.4. The predicted octanol–water partition coefficient (Wildman–Crippen LogP) is 6.39. The fourth-order valence-corrected chi connectivity index (χ4v) is 6.47. The molecule has 306 valence electrons. The summed E-state index contributed by atoms with van der Waals surface area (Å²) in [5.41, 5.74) is 7.81. The van der Waals surface area contributed by atoms with Crippen molar-refractivity contribution < 1.29 is 37.1 Å². The molecule has 2 aromatic carbocycles. The molecule has 3 N–H and O–H groups in total. The molecule has 4 heterocycles. The van der Waals surface area contributed by atoms with Crippen LogP contribution in [0.25, 0.3) is 0 Å². The van der Waals surface area contributed by atoms with Crippen LogP contribution < -0.4 is 20.9 Å². The summed E-state index contributed by atoms with van der Waals surface area (Å²) in [4.78, 5) is 76.4. The van der Waals surface area contributed by atoms with E-state index in [1.165, 1.54) is 18.6 Å². The minimum absolute atomic E-state index is 0.00709. The Labute approximate surface area is 335 Å². The summed E-state index contributed by atoms with van der Waals surface area (Å²) >= 11 is 0. The standard InChI is InChI=1S/C22H23F3N4O3.C20H24N4O2/c23-22(24,25)20(31)27-14-18(30)17-9-7-16(8-10-17)15-29(19-6-2-3-11-26-19)21(32)28-12-4-1-5-13-28;21-14-18(25)17-9-7-16(8-10-17)15-24(19-6-2-3-11-22-19)20(26)23-12-4-1-5-13-23/h2-3,6-11H,1,4-5,12-15H2,(H,27,31);2-3,6-11H,1,4-5,12-15,21H2. The van der Waals surface area contributed by atoms with Gasteiger partial charge < -0.3 is 20.9 Å². The number of urea groups is 2. The van der Waals surface area contributed by atoms with Crippen LogP contribution in [-0.2, 0) is 17.9 Å². The molecule has 58 heavy (non-hydrogen) atoms. The number of alkyl halides is 3. The third-order valence-electron chi connectivity index (χ3n) is 9.65. The average Bonchev–Trinajstić information content (AvgIpc) is 3.27. The Morgan fingerprint density at radius 1 is 0.603 bits per heavy atom. The smallest absolute Gasteiger partial charge is 0.341 e. The quantitative estimate of drug-likeness (QED) is 0.165. The van der Waals surface area contributed by atoms with Gasteiger partial charge in [0.2, 0.25) is 0 Å². The van der Waals surface area contributed by atoms with E-state index in [1.54, 1.807) is 74.9 Å². The number of amides is 5. The van der Waals surface area contributed by atoms with Gasteiger partial charge in [-0.2, -0.15) is 13.2 Å². The zero-order valence-corrected chi connectivity index (χ0v) is 32.1. The Bertz CT molecular complexity index is 1970. The minimum Gasteiger partial charge on any atom is -0.341 e.